The first kappa shape index (κ1) is 20.9. The Kier molecular flexibility index (Phi) is 8.01. The van der Waals surface area contributed by atoms with E-state index in [2.05, 4.69) is 9.47 Å². The average molecular weight is 368 g/mol. The largest absolute Gasteiger partial charge is 0.507 e. The van der Waals surface area contributed by atoms with Gasteiger partial charge < -0.3 is 19.3 Å². The second-order valence-corrected chi connectivity index (χ2v) is 4.66. The van der Waals surface area contributed by atoms with Crippen LogP contribution in [-0.2, 0) is 9.47 Å². The van der Waals surface area contributed by atoms with E-state index in [-0.39, 0.29) is 11.3 Å². The standard InChI is InChI=1S/C10H11FO3.C8H7FO3/c1-3-14-8-6-4-5-7(11)9(8)10(12)13-2;1-12-8(11)7-5(9)3-2-4-6(7)10/h4-6H,3H2,1-2H3;2-4,10H,1H3. The average Bonchev–Trinajstić information content (AvgIpc) is 2.62. The van der Waals surface area contributed by atoms with Crippen LogP contribution in [0.4, 0.5) is 8.78 Å². The van der Waals surface area contributed by atoms with Gasteiger partial charge in [-0.2, -0.15) is 0 Å². The van der Waals surface area contributed by atoms with Gasteiger partial charge in [0.1, 0.15) is 34.3 Å². The lowest BCUT2D eigenvalue weighted by Crippen LogP contribution is -2.08. The number of phenolic OH excluding ortho intramolecular Hbond substituents is 1. The van der Waals surface area contributed by atoms with E-state index in [0.29, 0.717) is 6.61 Å². The molecule has 8 heteroatoms. The summed E-state index contributed by atoms with van der Waals surface area (Å²) in [5, 5.41) is 9.05. The van der Waals surface area contributed by atoms with Crippen molar-refractivity contribution in [2.45, 2.75) is 6.92 Å². The van der Waals surface area contributed by atoms with E-state index in [1.54, 1.807) is 6.92 Å². The van der Waals surface area contributed by atoms with Crippen LogP contribution in [0, 0.1) is 11.6 Å². The molecule has 0 unspecified atom stereocenters. The smallest absolute Gasteiger partial charge is 0.344 e. The zero-order chi connectivity index (χ0) is 19.7. The van der Waals surface area contributed by atoms with E-state index in [1.807, 2.05) is 0 Å². The number of hydrogen-bond donors (Lipinski definition) is 1. The molecule has 1 N–H and O–H groups in total. The summed E-state index contributed by atoms with van der Waals surface area (Å²) >= 11 is 0. The first-order valence-corrected chi connectivity index (χ1v) is 7.42. The third-order valence-electron chi connectivity index (χ3n) is 3.05. The van der Waals surface area contributed by atoms with Gasteiger partial charge >= 0.3 is 11.9 Å². The van der Waals surface area contributed by atoms with Gasteiger partial charge in [-0.15, -0.1) is 0 Å². The highest BCUT2D eigenvalue weighted by Crippen LogP contribution is 2.22. The van der Waals surface area contributed by atoms with E-state index in [0.717, 1.165) is 13.2 Å². The summed E-state index contributed by atoms with van der Waals surface area (Å²) in [7, 11) is 2.32. The molecule has 0 spiro atoms. The summed E-state index contributed by atoms with van der Waals surface area (Å²) in [5.74, 6) is -3.25. The van der Waals surface area contributed by atoms with E-state index >= 15 is 0 Å². The first-order chi connectivity index (χ1) is 12.4. The van der Waals surface area contributed by atoms with Crippen LogP contribution < -0.4 is 4.74 Å². The van der Waals surface area contributed by atoms with Crippen molar-refractivity contribution in [3.05, 3.63) is 59.2 Å². The number of carbonyl (C=O) groups excluding carboxylic acids is 2. The number of carbonyl (C=O) groups is 2. The maximum atomic E-state index is 13.2. The van der Waals surface area contributed by atoms with Gasteiger partial charge in [-0.3, -0.25) is 0 Å². The van der Waals surface area contributed by atoms with Crippen LogP contribution in [0.15, 0.2) is 36.4 Å². The fourth-order valence-electron chi connectivity index (χ4n) is 1.90. The highest BCUT2D eigenvalue weighted by Gasteiger charge is 2.18. The Morgan fingerprint density at radius 3 is 1.92 bits per heavy atom. The molecule has 140 valence electrons. The molecule has 0 aliphatic rings. The Bertz CT molecular complexity index is 756. The van der Waals surface area contributed by atoms with Crippen LogP contribution in [0.3, 0.4) is 0 Å². The van der Waals surface area contributed by atoms with Crippen molar-refractivity contribution >= 4 is 11.9 Å². The first-order valence-electron chi connectivity index (χ1n) is 7.42. The topological polar surface area (TPSA) is 82.1 Å². The molecule has 0 amide bonds. The monoisotopic (exact) mass is 368 g/mol. The number of phenols is 1. The molecule has 0 saturated heterocycles. The quantitative estimate of drug-likeness (QED) is 0.834. The van der Waals surface area contributed by atoms with Crippen molar-refractivity contribution in [3.63, 3.8) is 0 Å². The van der Waals surface area contributed by atoms with Crippen LogP contribution >= 0.6 is 0 Å². The second-order valence-electron chi connectivity index (χ2n) is 4.66. The fraction of sp³-hybridized carbons (Fsp3) is 0.222. The minimum Gasteiger partial charge on any atom is -0.507 e. The van der Waals surface area contributed by atoms with Gasteiger partial charge in [0.05, 0.1) is 20.8 Å². The Morgan fingerprint density at radius 1 is 0.923 bits per heavy atom. The predicted octanol–water partition coefficient (Wildman–Crippen LogP) is 3.33. The Labute approximate surface area is 148 Å². The number of rotatable bonds is 4. The third kappa shape index (κ3) is 5.17. The number of halogens is 2. The second kappa shape index (κ2) is 9.97. The van der Waals surface area contributed by atoms with Gasteiger partial charge in [0.2, 0.25) is 0 Å². The fourth-order valence-corrected chi connectivity index (χ4v) is 1.90. The van der Waals surface area contributed by atoms with Gasteiger partial charge in [-0.1, -0.05) is 12.1 Å². The van der Waals surface area contributed by atoms with E-state index in [4.69, 9.17) is 9.84 Å². The number of aromatic hydroxyl groups is 1. The van der Waals surface area contributed by atoms with Crippen LogP contribution in [0.2, 0.25) is 0 Å². The molecular formula is C18H18F2O6. The summed E-state index contributed by atoms with van der Waals surface area (Å²) in [5.41, 5.74) is -0.586. The van der Waals surface area contributed by atoms with Gasteiger partial charge in [-0.25, -0.2) is 18.4 Å². The maximum Gasteiger partial charge on any atom is 0.344 e. The predicted molar refractivity (Wildman–Crippen MR) is 88.3 cm³/mol. The molecule has 0 fully saturated rings. The molecule has 0 saturated carbocycles. The molecule has 0 atom stereocenters. The molecule has 0 bridgehead atoms. The molecule has 0 aromatic heterocycles. The number of hydrogen-bond acceptors (Lipinski definition) is 6. The zero-order valence-electron chi connectivity index (χ0n) is 14.4. The summed E-state index contributed by atoms with van der Waals surface area (Å²) in [6, 6.07) is 7.79. The van der Waals surface area contributed by atoms with Gasteiger partial charge in [0.15, 0.2) is 0 Å². The molecule has 2 rings (SSSR count). The number of esters is 2. The lowest BCUT2D eigenvalue weighted by Gasteiger charge is -2.08. The Hall–Kier alpha value is -3.16. The molecule has 0 aliphatic heterocycles. The molecule has 6 nitrogen and oxygen atoms in total. The van der Waals surface area contributed by atoms with Crippen LogP contribution in [0.1, 0.15) is 27.6 Å². The number of benzene rings is 2. The summed E-state index contributed by atoms with van der Waals surface area (Å²) in [4.78, 5) is 22.0. The molecule has 26 heavy (non-hydrogen) atoms. The van der Waals surface area contributed by atoms with Crippen molar-refractivity contribution in [2.75, 3.05) is 20.8 Å². The molecule has 2 aromatic carbocycles. The Morgan fingerprint density at radius 2 is 1.42 bits per heavy atom. The molecule has 2 aromatic rings. The minimum absolute atomic E-state index is 0.156. The lowest BCUT2D eigenvalue weighted by molar-refractivity contribution is 0.0581. The summed E-state index contributed by atoms with van der Waals surface area (Å²) in [6.07, 6.45) is 0. The van der Waals surface area contributed by atoms with Crippen molar-refractivity contribution < 1.29 is 37.7 Å². The van der Waals surface area contributed by atoms with Crippen molar-refractivity contribution in [3.8, 4) is 11.5 Å². The Balaban J connectivity index is 0.000000263. The van der Waals surface area contributed by atoms with Crippen molar-refractivity contribution in [1.29, 1.82) is 0 Å². The third-order valence-corrected chi connectivity index (χ3v) is 3.05. The SMILES string of the molecule is CCOc1cccc(F)c1C(=O)OC.COC(=O)c1c(O)cccc1F. The van der Waals surface area contributed by atoms with Crippen LogP contribution in [0.25, 0.3) is 0 Å². The van der Waals surface area contributed by atoms with Gasteiger partial charge in [0.25, 0.3) is 0 Å². The normalized spacial score (nSPS) is 9.58. The number of methoxy groups -OCH3 is 2. The zero-order valence-corrected chi connectivity index (χ0v) is 14.4. The van der Waals surface area contributed by atoms with Crippen molar-refractivity contribution in [2.24, 2.45) is 0 Å². The highest BCUT2D eigenvalue weighted by molar-refractivity contribution is 5.93. The van der Waals surface area contributed by atoms with Crippen molar-refractivity contribution in [1.82, 2.24) is 0 Å². The van der Waals surface area contributed by atoms with Gasteiger partial charge in [0, 0.05) is 0 Å². The molecule has 0 heterocycles. The highest BCUT2D eigenvalue weighted by atomic mass is 19.1. The maximum absolute atomic E-state index is 13.2. The van der Waals surface area contributed by atoms with E-state index in [9.17, 15) is 18.4 Å². The van der Waals surface area contributed by atoms with Gasteiger partial charge in [-0.05, 0) is 31.2 Å². The van der Waals surface area contributed by atoms with E-state index in [1.165, 1.54) is 37.4 Å². The van der Waals surface area contributed by atoms with Crippen LogP contribution in [0.5, 0.6) is 11.5 Å². The number of ether oxygens (including phenoxy) is 3. The molecule has 0 radical (unpaired) electrons. The lowest BCUT2D eigenvalue weighted by atomic mass is 10.2. The summed E-state index contributed by atoms with van der Waals surface area (Å²) in [6.45, 7) is 2.12. The molecular weight excluding hydrogens is 350 g/mol. The molecule has 0 aliphatic carbocycles. The minimum atomic E-state index is -0.884. The summed E-state index contributed by atoms with van der Waals surface area (Å²) < 4.78 is 39.9. The van der Waals surface area contributed by atoms with E-state index < -0.39 is 34.9 Å². The van der Waals surface area contributed by atoms with Crippen LogP contribution in [-0.4, -0.2) is 37.9 Å².